The summed E-state index contributed by atoms with van der Waals surface area (Å²) in [5.41, 5.74) is 1.52. The normalized spacial score (nSPS) is 28.0. The number of allylic oxidation sites excluding steroid dienone is 1. The van der Waals surface area contributed by atoms with Crippen LogP contribution in [0.15, 0.2) is 23.7 Å². The Hall–Kier alpha value is -1.53. The lowest BCUT2D eigenvalue weighted by atomic mass is 9.69. The number of benzene rings is 1. The van der Waals surface area contributed by atoms with Crippen molar-refractivity contribution in [2.24, 2.45) is 23.7 Å². The standard InChI is InChI=1S/C24H29ClF2O/c1-2-28-21-15-23(26)22(24(27)16-21)12-7-17-3-8-19(9-4-17)20-10-5-18(6-11-20)13-14-25/h13-20H,2-6,8-11H2,1H3. The van der Waals surface area contributed by atoms with Crippen molar-refractivity contribution < 1.29 is 13.5 Å². The fourth-order valence-electron chi connectivity index (χ4n) is 4.74. The Kier molecular flexibility index (Phi) is 7.80. The molecule has 2 fully saturated rings. The van der Waals surface area contributed by atoms with Gasteiger partial charge < -0.3 is 4.74 Å². The summed E-state index contributed by atoms with van der Waals surface area (Å²) in [5.74, 6) is 7.27. The molecule has 1 aromatic rings. The van der Waals surface area contributed by atoms with Crippen LogP contribution in [0.25, 0.3) is 0 Å². The minimum Gasteiger partial charge on any atom is -0.494 e. The van der Waals surface area contributed by atoms with Crippen LogP contribution in [-0.2, 0) is 0 Å². The molecule has 2 aliphatic carbocycles. The number of rotatable bonds is 4. The molecule has 0 N–H and O–H groups in total. The van der Waals surface area contributed by atoms with Crippen LogP contribution < -0.4 is 4.74 Å². The van der Waals surface area contributed by atoms with Crippen LogP contribution in [0, 0.1) is 47.1 Å². The van der Waals surface area contributed by atoms with Gasteiger partial charge in [-0.05, 0) is 76.0 Å². The third-order valence-corrected chi connectivity index (χ3v) is 6.47. The molecule has 0 unspecified atom stereocenters. The molecule has 0 amide bonds. The molecule has 0 radical (unpaired) electrons. The van der Waals surface area contributed by atoms with Gasteiger partial charge >= 0.3 is 0 Å². The van der Waals surface area contributed by atoms with E-state index in [0.29, 0.717) is 12.5 Å². The van der Waals surface area contributed by atoms with E-state index < -0.39 is 11.6 Å². The summed E-state index contributed by atoms with van der Waals surface area (Å²) in [4.78, 5) is 0. The van der Waals surface area contributed by atoms with Crippen molar-refractivity contribution in [3.8, 4) is 17.6 Å². The SMILES string of the molecule is CCOc1cc(F)c(C#CC2CCC(C3CCC(C=CCl)CC3)CC2)c(F)c1. The first-order valence-electron chi connectivity index (χ1n) is 10.5. The molecule has 0 heterocycles. The van der Waals surface area contributed by atoms with Crippen LogP contribution in [0.4, 0.5) is 8.78 Å². The second kappa shape index (κ2) is 10.3. The summed E-state index contributed by atoms with van der Waals surface area (Å²) in [6.45, 7) is 2.15. The highest BCUT2D eigenvalue weighted by Crippen LogP contribution is 2.41. The Labute approximate surface area is 172 Å². The van der Waals surface area contributed by atoms with Crippen molar-refractivity contribution in [1.29, 1.82) is 0 Å². The molecule has 152 valence electrons. The van der Waals surface area contributed by atoms with Gasteiger partial charge in [0, 0.05) is 23.6 Å². The molecule has 2 aliphatic rings. The number of hydrogen-bond acceptors (Lipinski definition) is 1. The quantitative estimate of drug-likeness (QED) is 0.485. The summed E-state index contributed by atoms with van der Waals surface area (Å²) < 4.78 is 33.5. The van der Waals surface area contributed by atoms with Crippen molar-refractivity contribution in [1.82, 2.24) is 0 Å². The van der Waals surface area contributed by atoms with E-state index in [0.717, 1.165) is 24.7 Å². The van der Waals surface area contributed by atoms with Crippen molar-refractivity contribution in [2.45, 2.75) is 58.3 Å². The van der Waals surface area contributed by atoms with Gasteiger partial charge in [-0.15, -0.1) is 0 Å². The highest BCUT2D eigenvalue weighted by atomic mass is 35.5. The smallest absolute Gasteiger partial charge is 0.145 e. The van der Waals surface area contributed by atoms with Gasteiger partial charge in [0.1, 0.15) is 17.4 Å². The van der Waals surface area contributed by atoms with Gasteiger partial charge in [-0.1, -0.05) is 29.5 Å². The second-order valence-corrected chi connectivity index (χ2v) is 8.32. The van der Waals surface area contributed by atoms with Crippen LogP contribution in [0.5, 0.6) is 5.75 Å². The Morgan fingerprint density at radius 1 is 1.00 bits per heavy atom. The second-order valence-electron chi connectivity index (χ2n) is 8.07. The largest absolute Gasteiger partial charge is 0.494 e. The number of halogens is 3. The van der Waals surface area contributed by atoms with Crippen molar-refractivity contribution >= 4 is 11.6 Å². The molecule has 0 bridgehead atoms. The predicted molar refractivity (Wildman–Crippen MR) is 110 cm³/mol. The average molecular weight is 407 g/mol. The van der Waals surface area contributed by atoms with E-state index in [2.05, 4.69) is 17.9 Å². The van der Waals surface area contributed by atoms with Gasteiger partial charge in [0.05, 0.1) is 12.2 Å². The Bertz CT molecular complexity index is 710. The number of ether oxygens (including phenoxy) is 1. The van der Waals surface area contributed by atoms with E-state index in [1.165, 1.54) is 50.7 Å². The maximum Gasteiger partial charge on any atom is 0.145 e. The summed E-state index contributed by atoms with van der Waals surface area (Å²) in [6.07, 6.45) is 11.6. The van der Waals surface area contributed by atoms with Crippen LogP contribution in [0.1, 0.15) is 63.9 Å². The Balaban J connectivity index is 1.53. The summed E-state index contributed by atoms with van der Waals surface area (Å²) in [7, 11) is 0. The van der Waals surface area contributed by atoms with Crippen molar-refractivity contribution in [3.05, 3.63) is 40.9 Å². The maximum absolute atomic E-state index is 14.1. The summed E-state index contributed by atoms with van der Waals surface area (Å²) >= 11 is 5.70. The zero-order valence-corrected chi connectivity index (χ0v) is 17.3. The van der Waals surface area contributed by atoms with E-state index in [9.17, 15) is 8.78 Å². The van der Waals surface area contributed by atoms with Gasteiger partial charge in [-0.25, -0.2) is 8.78 Å². The van der Waals surface area contributed by atoms with Crippen LogP contribution >= 0.6 is 11.6 Å². The fourth-order valence-corrected chi connectivity index (χ4v) is 4.95. The molecular formula is C24H29ClF2O. The van der Waals surface area contributed by atoms with Crippen LogP contribution in [0.2, 0.25) is 0 Å². The molecule has 28 heavy (non-hydrogen) atoms. The zero-order chi connectivity index (χ0) is 19.9. The lowest BCUT2D eigenvalue weighted by molar-refractivity contribution is 0.168. The van der Waals surface area contributed by atoms with Gasteiger partial charge in [0.25, 0.3) is 0 Å². The van der Waals surface area contributed by atoms with Gasteiger partial charge in [-0.2, -0.15) is 0 Å². The lowest BCUT2D eigenvalue weighted by Crippen LogP contribution is -2.25. The Morgan fingerprint density at radius 2 is 1.57 bits per heavy atom. The fraction of sp³-hybridized carbons (Fsp3) is 0.583. The monoisotopic (exact) mass is 406 g/mol. The van der Waals surface area contributed by atoms with E-state index in [1.807, 2.05) is 0 Å². The van der Waals surface area contributed by atoms with Gasteiger partial charge in [-0.3, -0.25) is 0 Å². The van der Waals surface area contributed by atoms with Gasteiger partial charge in [0.2, 0.25) is 0 Å². The van der Waals surface area contributed by atoms with E-state index in [4.69, 9.17) is 16.3 Å². The van der Waals surface area contributed by atoms with E-state index in [-0.39, 0.29) is 17.2 Å². The van der Waals surface area contributed by atoms with E-state index >= 15 is 0 Å². The van der Waals surface area contributed by atoms with E-state index in [1.54, 1.807) is 12.5 Å². The molecule has 0 atom stereocenters. The third-order valence-electron chi connectivity index (χ3n) is 6.33. The molecule has 0 aliphatic heterocycles. The number of hydrogen-bond donors (Lipinski definition) is 0. The molecule has 1 nitrogen and oxygen atoms in total. The minimum atomic E-state index is -0.646. The highest BCUT2D eigenvalue weighted by molar-refractivity contribution is 6.25. The lowest BCUT2D eigenvalue weighted by Gasteiger charge is -2.36. The third kappa shape index (κ3) is 5.51. The first-order chi connectivity index (χ1) is 13.6. The molecule has 3 rings (SSSR count). The first kappa shape index (κ1) is 21.2. The predicted octanol–water partition coefficient (Wildman–Crippen LogP) is 7.08. The first-order valence-corrected chi connectivity index (χ1v) is 10.9. The average Bonchev–Trinajstić information content (AvgIpc) is 2.69. The summed E-state index contributed by atoms with van der Waals surface area (Å²) in [6, 6.07) is 2.42. The molecular weight excluding hydrogens is 378 g/mol. The molecule has 2 saturated carbocycles. The zero-order valence-electron chi connectivity index (χ0n) is 16.5. The highest BCUT2D eigenvalue weighted by Gasteiger charge is 2.29. The minimum absolute atomic E-state index is 0.142. The molecule has 0 aromatic heterocycles. The molecule has 0 saturated heterocycles. The molecule has 1 aromatic carbocycles. The van der Waals surface area contributed by atoms with Crippen molar-refractivity contribution in [2.75, 3.05) is 6.61 Å². The van der Waals surface area contributed by atoms with Gasteiger partial charge in [0.15, 0.2) is 0 Å². The Morgan fingerprint density at radius 3 is 2.11 bits per heavy atom. The van der Waals surface area contributed by atoms with Crippen molar-refractivity contribution in [3.63, 3.8) is 0 Å². The van der Waals surface area contributed by atoms with Crippen LogP contribution in [-0.4, -0.2) is 6.61 Å². The molecule has 0 spiro atoms. The topological polar surface area (TPSA) is 9.23 Å². The molecule has 4 heteroatoms. The maximum atomic E-state index is 14.1. The summed E-state index contributed by atoms with van der Waals surface area (Å²) in [5, 5.41) is 0. The van der Waals surface area contributed by atoms with Crippen LogP contribution in [0.3, 0.4) is 0 Å².